The zero-order chi connectivity index (χ0) is 12.7. The second-order valence-electron chi connectivity index (χ2n) is 4.58. The molecule has 1 rings (SSSR count). The minimum absolute atomic E-state index is 0.138. The molecule has 3 heteroatoms. The Morgan fingerprint density at radius 2 is 1.94 bits per heavy atom. The molecule has 0 aliphatic carbocycles. The first-order valence-corrected chi connectivity index (χ1v) is 7.35. The third kappa shape index (κ3) is 5.26. The molecule has 0 aliphatic heterocycles. The molecule has 17 heavy (non-hydrogen) atoms. The molecule has 0 unspecified atom stereocenters. The van der Waals surface area contributed by atoms with Crippen molar-refractivity contribution in [2.24, 2.45) is 5.92 Å². The normalized spacial score (nSPS) is 10.6. The van der Waals surface area contributed by atoms with Gasteiger partial charge in [0.05, 0.1) is 0 Å². The smallest absolute Gasteiger partial charge is 0.220 e. The predicted molar refractivity (Wildman–Crippen MR) is 75.0 cm³/mol. The second kappa shape index (κ2) is 7.38. The third-order valence-electron chi connectivity index (χ3n) is 2.49. The van der Waals surface area contributed by atoms with Gasteiger partial charge in [0, 0.05) is 18.7 Å². The molecule has 0 heterocycles. The summed E-state index contributed by atoms with van der Waals surface area (Å²) >= 11 is 1.80. The van der Waals surface area contributed by atoms with E-state index in [0.29, 0.717) is 18.9 Å². The molecule has 0 aromatic heterocycles. The molecule has 1 N–H and O–H groups in total. The summed E-state index contributed by atoms with van der Waals surface area (Å²) in [4.78, 5) is 11.6. The van der Waals surface area contributed by atoms with Gasteiger partial charge in [0.2, 0.25) is 5.91 Å². The Balaban J connectivity index is 2.53. The van der Waals surface area contributed by atoms with Crippen LogP contribution in [-0.4, -0.2) is 12.2 Å². The Morgan fingerprint density at radius 3 is 2.53 bits per heavy atom. The van der Waals surface area contributed by atoms with Gasteiger partial charge in [0.15, 0.2) is 0 Å². The van der Waals surface area contributed by atoms with Crippen molar-refractivity contribution >= 4 is 17.7 Å². The average molecular weight is 251 g/mol. The van der Waals surface area contributed by atoms with E-state index in [1.807, 2.05) is 12.1 Å². The van der Waals surface area contributed by atoms with Crippen LogP contribution in [0.4, 0.5) is 0 Å². The number of benzene rings is 1. The summed E-state index contributed by atoms with van der Waals surface area (Å²) in [6, 6.07) is 8.28. The Bertz CT molecular complexity index is 363. The maximum atomic E-state index is 11.6. The van der Waals surface area contributed by atoms with E-state index in [4.69, 9.17) is 0 Å². The molecule has 0 atom stereocenters. The quantitative estimate of drug-likeness (QED) is 0.841. The van der Waals surface area contributed by atoms with E-state index in [9.17, 15) is 4.79 Å². The van der Waals surface area contributed by atoms with Crippen molar-refractivity contribution in [3.05, 3.63) is 35.4 Å². The summed E-state index contributed by atoms with van der Waals surface area (Å²) in [7, 11) is 0. The third-order valence-corrected chi connectivity index (χ3v) is 3.09. The Labute approximate surface area is 108 Å². The van der Waals surface area contributed by atoms with Crippen LogP contribution in [0.15, 0.2) is 24.3 Å². The Morgan fingerprint density at radius 1 is 1.29 bits per heavy atom. The summed E-state index contributed by atoms with van der Waals surface area (Å²) in [6.45, 7) is 4.75. The lowest BCUT2D eigenvalue weighted by atomic mass is 10.1. The Hall–Kier alpha value is -0.960. The fraction of sp³-hybridized carbons (Fsp3) is 0.500. The van der Waals surface area contributed by atoms with Gasteiger partial charge in [-0.15, -0.1) is 0 Å². The van der Waals surface area contributed by atoms with Gasteiger partial charge in [0.1, 0.15) is 0 Å². The number of nitrogens with one attached hydrogen (secondary N) is 1. The highest BCUT2D eigenvalue weighted by Crippen LogP contribution is 2.14. The number of hydrogen-bond acceptors (Lipinski definition) is 2. The van der Waals surface area contributed by atoms with Crippen molar-refractivity contribution in [3.63, 3.8) is 0 Å². The largest absolute Gasteiger partial charge is 0.352 e. The van der Waals surface area contributed by atoms with Crippen LogP contribution in [-0.2, 0) is 17.1 Å². The zero-order valence-corrected chi connectivity index (χ0v) is 11.6. The number of carbonyl (C=O) groups is 1. The van der Waals surface area contributed by atoms with E-state index in [-0.39, 0.29) is 5.91 Å². The summed E-state index contributed by atoms with van der Waals surface area (Å²) in [5.41, 5.74) is 2.53. The fourth-order valence-electron chi connectivity index (χ4n) is 1.66. The van der Waals surface area contributed by atoms with Crippen LogP contribution in [0, 0.1) is 5.92 Å². The fourth-order valence-corrected chi connectivity index (χ4v) is 2.26. The van der Waals surface area contributed by atoms with Gasteiger partial charge in [-0.05, 0) is 23.3 Å². The van der Waals surface area contributed by atoms with Crippen LogP contribution in [0.25, 0.3) is 0 Å². The van der Waals surface area contributed by atoms with Crippen LogP contribution in [0.1, 0.15) is 31.4 Å². The van der Waals surface area contributed by atoms with Gasteiger partial charge in [-0.3, -0.25) is 4.79 Å². The molecule has 0 saturated carbocycles. The number of hydrogen-bond donors (Lipinski definition) is 1. The molecule has 1 aromatic rings. The average Bonchev–Trinajstić information content (AvgIpc) is 2.27. The van der Waals surface area contributed by atoms with Crippen LogP contribution < -0.4 is 5.32 Å². The highest BCUT2D eigenvalue weighted by molar-refractivity contribution is 7.97. The maximum absolute atomic E-state index is 11.6. The lowest BCUT2D eigenvalue weighted by molar-refractivity contribution is -0.121. The Kier molecular flexibility index (Phi) is 6.12. The first-order chi connectivity index (χ1) is 8.13. The van der Waals surface area contributed by atoms with E-state index in [0.717, 1.165) is 5.75 Å². The molecule has 0 spiro atoms. The molecule has 0 bridgehead atoms. The number of rotatable bonds is 6. The minimum Gasteiger partial charge on any atom is -0.352 e. The van der Waals surface area contributed by atoms with Crippen molar-refractivity contribution in [1.29, 1.82) is 0 Å². The first-order valence-electron chi connectivity index (χ1n) is 5.96. The molecule has 2 nitrogen and oxygen atoms in total. The topological polar surface area (TPSA) is 29.1 Å². The second-order valence-corrected chi connectivity index (χ2v) is 5.44. The van der Waals surface area contributed by atoms with Crippen molar-refractivity contribution < 1.29 is 4.79 Å². The summed E-state index contributed by atoms with van der Waals surface area (Å²) < 4.78 is 0. The maximum Gasteiger partial charge on any atom is 0.220 e. The molecule has 0 fully saturated rings. The summed E-state index contributed by atoms with van der Waals surface area (Å²) in [5.74, 6) is 1.55. The highest BCUT2D eigenvalue weighted by atomic mass is 32.2. The van der Waals surface area contributed by atoms with Crippen LogP contribution in [0.3, 0.4) is 0 Å². The number of amides is 1. The molecule has 0 aliphatic rings. The van der Waals surface area contributed by atoms with Crippen LogP contribution >= 0.6 is 11.8 Å². The summed E-state index contributed by atoms with van der Waals surface area (Å²) in [5, 5.41) is 2.98. The van der Waals surface area contributed by atoms with E-state index < -0.39 is 0 Å². The lowest BCUT2D eigenvalue weighted by Crippen LogP contribution is -2.24. The van der Waals surface area contributed by atoms with Gasteiger partial charge in [-0.2, -0.15) is 11.8 Å². The SMILES string of the molecule is CSCc1ccccc1CNC(=O)CC(C)C. The van der Waals surface area contributed by atoms with E-state index >= 15 is 0 Å². The van der Waals surface area contributed by atoms with Crippen LogP contribution in [0.2, 0.25) is 0 Å². The molecular formula is C14H21NOS. The van der Waals surface area contributed by atoms with Crippen molar-refractivity contribution in [2.45, 2.75) is 32.6 Å². The van der Waals surface area contributed by atoms with Crippen LogP contribution in [0.5, 0.6) is 0 Å². The number of carbonyl (C=O) groups excluding carboxylic acids is 1. The summed E-state index contributed by atoms with van der Waals surface area (Å²) in [6.07, 6.45) is 2.69. The molecule has 1 amide bonds. The van der Waals surface area contributed by atoms with E-state index in [1.54, 1.807) is 11.8 Å². The molecule has 94 valence electrons. The van der Waals surface area contributed by atoms with E-state index in [1.165, 1.54) is 11.1 Å². The standard InChI is InChI=1S/C14H21NOS/c1-11(2)8-14(16)15-9-12-6-4-5-7-13(12)10-17-3/h4-7,11H,8-10H2,1-3H3,(H,15,16). The molecule has 1 aromatic carbocycles. The monoisotopic (exact) mass is 251 g/mol. The first kappa shape index (κ1) is 14.1. The highest BCUT2D eigenvalue weighted by Gasteiger charge is 2.06. The predicted octanol–water partition coefficient (Wildman–Crippen LogP) is 3.21. The van der Waals surface area contributed by atoms with Gasteiger partial charge in [0.25, 0.3) is 0 Å². The van der Waals surface area contributed by atoms with Gasteiger partial charge < -0.3 is 5.32 Å². The minimum atomic E-state index is 0.138. The molecular weight excluding hydrogens is 230 g/mol. The lowest BCUT2D eigenvalue weighted by Gasteiger charge is -2.10. The van der Waals surface area contributed by atoms with Crippen molar-refractivity contribution in [1.82, 2.24) is 5.32 Å². The van der Waals surface area contributed by atoms with Gasteiger partial charge >= 0.3 is 0 Å². The molecule has 0 saturated heterocycles. The number of thioether (sulfide) groups is 1. The van der Waals surface area contributed by atoms with Gasteiger partial charge in [-0.1, -0.05) is 38.1 Å². The van der Waals surface area contributed by atoms with E-state index in [2.05, 4.69) is 37.6 Å². The zero-order valence-electron chi connectivity index (χ0n) is 10.8. The van der Waals surface area contributed by atoms with Crippen molar-refractivity contribution in [3.8, 4) is 0 Å². The molecule has 0 radical (unpaired) electrons. The van der Waals surface area contributed by atoms with Gasteiger partial charge in [-0.25, -0.2) is 0 Å². The van der Waals surface area contributed by atoms with Crippen molar-refractivity contribution in [2.75, 3.05) is 6.26 Å².